The molecule has 0 aromatic carbocycles. The Hall–Kier alpha value is -1.14. The standard InChI is InChI=1S/C13H21N3O2S/c1-15(2)13-8-4-7-12(14-13)11-6-5-9-16(10-11)19(3,17)18/h4,7-8,11H,5-6,9-10H2,1-3H3/t11-/m1/s1. The van der Waals surface area contributed by atoms with Crippen LogP contribution in [0.5, 0.6) is 0 Å². The fourth-order valence-electron chi connectivity index (χ4n) is 2.40. The molecule has 0 unspecified atom stereocenters. The second kappa shape index (κ2) is 5.46. The maximum Gasteiger partial charge on any atom is 0.211 e. The molecule has 5 nitrogen and oxygen atoms in total. The number of pyridine rings is 1. The summed E-state index contributed by atoms with van der Waals surface area (Å²) >= 11 is 0. The Kier molecular flexibility index (Phi) is 4.10. The predicted octanol–water partition coefficient (Wildman–Crippen LogP) is 1.29. The van der Waals surface area contributed by atoms with E-state index in [4.69, 9.17) is 0 Å². The Morgan fingerprint density at radius 2 is 2.11 bits per heavy atom. The van der Waals surface area contributed by atoms with E-state index >= 15 is 0 Å². The van der Waals surface area contributed by atoms with Crippen molar-refractivity contribution in [3.63, 3.8) is 0 Å². The lowest BCUT2D eigenvalue weighted by atomic mass is 9.95. The van der Waals surface area contributed by atoms with Gasteiger partial charge >= 0.3 is 0 Å². The Morgan fingerprint density at radius 1 is 1.37 bits per heavy atom. The number of anilines is 1. The molecule has 1 saturated heterocycles. The van der Waals surface area contributed by atoms with Crippen LogP contribution in [-0.4, -0.2) is 51.1 Å². The first kappa shape index (κ1) is 14.3. The average Bonchev–Trinajstić information content (AvgIpc) is 2.38. The molecule has 0 N–H and O–H groups in total. The molecule has 6 heteroatoms. The zero-order valence-corrected chi connectivity index (χ0v) is 12.5. The first-order valence-electron chi connectivity index (χ1n) is 6.47. The van der Waals surface area contributed by atoms with E-state index in [1.165, 1.54) is 6.26 Å². The van der Waals surface area contributed by atoms with E-state index in [2.05, 4.69) is 4.98 Å². The van der Waals surface area contributed by atoms with Crippen molar-refractivity contribution in [2.75, 3.05) is 38.3 Å². The fraction of sp³-hybridized carbons (Fsp3) is 0.615. The smallest absolute Gasteiger partial charge is 0.211 e. The lowest BCUT2D eigenvalue weighted by molar-refractivity contribution is 0.314. The van der Waals surface area contributed by atoms with E-state index in [9.17, 15) is 8.42 Å². The van der Waals surface area contributed by atoms with Crippen LogP contribution in [0, 0.1) is 0 Å². The summed E-state index contributed by atoms with van der Waals surface area (Å²) in [5, 5.41) is 0. The maximum absolute atomic E-state index is 11.6. The molecule has 1 aliphatic rings. The van der Waals surface area contributed by atoms with Gasteiger partial charge in [-0.25, -0.2) is 17.7 Å². The number of aromatic nitrogens is 1. The summed E-state index contributed by atoms with van der Waals surface area (Å²) in [4.78, 5) is 6.58. The Balaban J connectivity index is 2.20. The van der Waals surface area contributed by atoms with E-state index in [-0.39, 0.29) is 5.92 Å². The van der Waals surface area contributed by atoms with E-state index < -0.39 is 10.0 Å². The zero-order chi connectivity index (χ0) is 14.0. The number of nitrogens with zero attached hydrogens (tertiary/aromatic N) is 3. The molecule has 1 aromatic heterocycles. The van der Waals surface area contributed by atoms with Gasteiger partial charge in [-0.1, -0.05) is 6.07 Å². The van der Waals surface area contributed by atoms with Gasteiger partial charge in [0.1, 0.15) is 5.82 Å². The normalized spacial score (nSPS) is 21.3. The number of hydrogen-bond donors (Lipinski definition) is 0. The number of sulfonamides is 1. The Bertz CT molecular complexity index is 543. The third-order valence-electron chi connectivity index (χ3n) is 3.49. The molecule has 19 heavy (non-hydrogen) atoms. The van der Waals surface area contributed by atoms with Gasteiger partial charge < -0.3 is 4.90 Å². The largest absolute Gasteiger partial charge is 0.363 e. The van der Waals surface area contributed by atoms with Crippen molar-refractivity contribution in [2.24, 2.45) is 0 Å². The summed E-state index contributed by atoms with van der Waals surface area (Å²) < 4.78 is 24.8. The van der Waals surface area contributed by atoms with E-state index in [0.29, 0.717) is 13.1 Å². The molecule has 1 aromatic rings. The van der Waals surface area contributed by atoms with E-state index in [0.717, 1.165) is 24.4 Å². The maximum atomic E-state index is 11.6. The van der Waals surface area contributed by atoms with Crippen LogP contribution in [0.4, 0.5) is 5.82 Å². The SMILES string of the molecule is CN(C)c1cccc([C@@H]2CCCN(S(C)(=O)=O)C2)n1. The molecule has 2 rings (SSSR count). The number of rotatable bonds is 3. The summed E-state index contributed by atoms with van der Waals surface area (Å²) in [5.74, 6) is 1.11. The quantitative estimate of drug-likeness (QED) is 0.839. The second-order valence-corrected chi connectivity index (χ2v) is 7.26. The number of piperidine rings is 1. The highest BCUT2D eigenvalue weighted by molar-refractivity contribution is 7.88. The van der Waals surface area contributed by atoms with Crippen molar-refractivity contribution in [1.29, 1.82) is 0 Å². The number of hydrogen-bond acceptors (Lipinski definition) is 4. The van der Waals surface area contributed by atoms with Crippen molar-refractivity contribution in [1.82, 2.24) is 9.29 Å². The second-order valence-electron chi connectivity index (χ2n) is 5.28. The van der Waals surface area contributed by atoms with Crippen LogP contribution in [0.2, 0.25) is 0 Å². The fourth-order valence-corrected chi connectivity index (χ4v) is 3.31. The lowest BCUT2D eigenvalue weighted by Crippen LogP contribution is -2.38. The van der Waals surface area contributed by atoms with Crippen LogP contribution in [0.3, 0.4) is 0 Å². The van der Waals surface area contributed by atoms with Crippen molar-refractivity contribution in [3.8, 4) is 0 Å². The van der Waals surface area contributed by atoms with Crippen LogP contribution in [0.1, 0.15) is 24.5 Å². The third-order valence-corrected chi connectivity index (χ3v) is 4.76. The van der Waals surface area contributed by atoms with Crippen molar-refractivity contribution < 1.29 is 8.42 Å². The first-order valence-corrected chi connectivity index (χ1v) is 8.32. The van der Waals surface area contributed by atoms with Crippen LogP contribution in [-0.2, 0) is 10.0 Å². The van der Waals surface area contributed by atoms with Gasteiger partial charge in [-0.05, 0) is 25.0 Å². The highest BCUT2D eigenvalue weighted by Crippen LogP contribution is 2.27. The van der Waals surface area contributed by atoms with Gasteiger partial charge in [-0.3, -0.25) is 0 Å². The molecule has 0 radical (unpaired) electrons. The molecule has 2 heterocycles. The first-order chi connectivity index (χ1) is 8.88. The topological polar surface area (TPSA) is 53.5 Å². The van der Waals surface area contributed by atoms with Crippen LogP contribution < -0.4 is 4.90 Å². The van der Waals surface area contributed by atoms with Crippen LogP contribution in [0.15, 0.2) is 18.2 Å². The molecule has 1 fully saturated rings. The molecule has 1 aliphatic heterocycles. The molecule has 1 atom stereocenters. The molecule has 0 bridgehead atoms. The van der Waals surface area contributed by atoms with E-state index in [1.807, 2.05) is 37.2 Å². The summed E-state index contributed by atoms with van der Waals surface area (Å²) in [5.41, 5.74) is 0.986. The third kappa shape index (κ3) is 3.45. The van der Waals surface area contributed by atoms with Crippen LogP contribution >= 0.6 is 0 Å². The van der Waals surface area contributed by atoms with Gasteiger partial charge in [0, 0.05) is 38.8 Å². The van der Waals surface area contributed by atoms with Crippen molar-refractivity contribution >= 4 is 15.8 Å². The van der Waals surface area contributed by atoms with Crippen LogP contribution in [0.25, 0.3) is 0 Å². The summed E-state index contributed by atoms with van der Waals surface area (Å²) in [7, 11) is 0.810. The molecule has 0 saturated carbocycles. The molecule has 0 amide bonds. The highest BCUT2D eigenvalue weighted by Gasteiger charge is 2.27. The minimum Gasteiger partial charge on any atom is -0.363 e. The Morgan fingerprint density at radius 3 is 2.74 bits per heavy atom. The summed E-state index contributed by atoms with van der Waals surface area (Å²) in [6.07, 6.45) is 3.17. The van der Waals surface area contributed by atoms with Gasteiger partial charge in [-0.2, -0.15) is 0 Å². The molecule has 0 spiro atoms. The van der Waals surface area contributed by atoms with Crippen molar-refractivity contribution in [3.05, 3.63) is 23.9 Å². The monoisotopic (exact) mass is 283 g/mol. The Labute approximate surface area is 115 Å². The van der Waals surface area contributed by atoms with E-state index in [1.54, 1.807) is 4.31 Å². The molecular weight excluding hydrogens is 262 g/mol. The van der Waals surface area contributed by atoms with Gasteiger partial charge in [0.15, 0.2) is 0 Å². The lowest BCUT2D eigenvalue weighted by Gasteiger charge is -2.30. The molecular formula is C13H21N3O2S. The van der Waals surface area contributed by atoms with Gasteiger partial charge in [-0.15, -0.1) is 0 Å². The predicted molar refractivity (Wildman–Crippen MR) is 77.0 cm³/mol. The molecule has 0 aliphatic carbocycles. The highest BCUT2D eigenvalue weighted by atomic mass is 32.2. The minimum absolute atomic E-state index is 0.198. The van der Waals surface area contributed by atoms with Gasteiger partial charge in [0.25, 0.3) is 0 Å². The zero-order valence-electron chi connectivity index (χ0n) is 11.7. The summed E-state index contributed by atoms with van der Waals surface area (Å²) in [6, 6.07) is 5.93. The summed E-state index contributed by atoms with van der Waals surface area (Å²) in [6.45, 7) is 1.17. The van der Waals surface area contributed by atoms with Gasteiger partial charge in [0.2, 0.25) is 10.0 Å². The minimum atomic E-state index is -3.10. The van der Waals surface area contributed by atoms with Crippen molar-refractivity contribution in [2.45, 2.75) is 18.8 Å². The molecule has 106 valence electrons. The van der Waals surface area contributed by atoms with Gasteiger partial charge in [0.05, 0.1) is 6.26 Å². The average molecular weight is 283 g/mol.